The standard InChI is InChI=1S/C6H5Br2NOS/c1-3(9-10)6-4(7)2-5(8)11-6/h2,10H,1H3/b9-3+. The summed E-state index contributed by atoms with van der Waals surface area (Å²) in [7, 11) is 0. The van der Waals surface area contributed by atoms with Crippen molar-refractivity contribution < 1.29 is 5.21 Å². The van der Waals surface area contributed by atoms with Gasteiger partial charge in [-0.15, -0.1) is 11.3 Å². The van der Waals surface area contributed by atoms with Gasteiger partial charge in [-0.2, -0.15) is 0 Å². The summed E-state index contributed by atoms with van der Waals surface area (Å²) in [6.45, 7) is 1.75. The van der Waals surface area contributed by atoms with Gasteiger partial charge in [-0.05, 0) is 44.8 Å². The van der Waals surface area contributed by atoms with Gasteiger partial charge in [0.2, 0.25) is 0 Å². The second kappa shape index (κ2) is 3.69. The molecular formula is C6H5Br2NOS. The first-order valence-electron chi connectivity index (χ1n) is 2.79. The van der Waals surface area contributed by atoms with Gasteiger partial charge in [0.05, 0.1) is 14.4 Å². The van der Waals surface area contributed by atoms with Crippen LogP contribution in [-0.4, -0.2) is 10.9 Å². The molecule has 0 unspecified atom stereocenters. The third kappa shape index (κ3) is 2.04. The lowest BCUT2D eigenvalue weighted by Crippen LogP contribution is -1.89. The molecule has 60 valence electrons. The molecule has 0 fully saturated rings. The van der Waals surface area contributed by atoms with E-state index in [1.807, 2.05) is 6.07 Å². The molecule has 1 aromatic rings. The lowest BCUT2D eigenvalue weighted by Gasteiger charge is -1.91. The molecular weight excluding hydrogens is 294 g/mol. The van der Waals surface area contributed by atoms with Crippen molar-refractivity contribution in [2.45, 2.75) is 6.92 Å². The van der Waals surface area contributed by atoms with Gasteiger partial charge in [-0.3, -0.25) is 0 Å². The highest BCUT2D eigenvalue weighted by Gasteiger charge is 2.07. The summed E-state index contributed by atoms with van der Waals surface area (Å²) in [5, 5.41) is 11.6. The van der Waals surface area contributed by atoms with Gasteiger partial charge in [0.25, 0.3) is 0 Å². The highest BCUT2D eigenvalue weighted by Crippen LogP contribution is 2.31. The van der Waals surface area contributed by atoms with Crippen LogP contribution in [0.25, 0.3) is 0 Å². The third-order valence-corrected chi connectivity index (χ3v) is 3.77. The van der Waals surface area contributed by atoms with E-state index in [0.717, 1.165) is 13.1 Å². The number of rotatable bonds is 1. The lowest BCUT2D eigenvalue weighted by atomic mass is 10.3. The highest BCUT2D eigenvalue weighted by molar-refractivity contribution is 9.11. The van der Waals surface area contributed by atoms with Gasteiger partial charge in [0.1, 0.15) is 0 Å². The van der Waals surface area contributed by atoms with E-state index in [1.165, 1.54) is 11.3 Å². The molecule has 1 rings (SSSR count). The van der Waals surface area contributed by atoms with Crippen molar-refractivity contribution >= 4 is 48.9 Å². The largest absolute Gasteiger partial charge is 0.411 e. The molecule has 1 N–H and O–H groups in total. The molecule has 0 aliphatic rings. The molecule has 0 spiro atoms. The van der Waals surface area contributed by atoms with Gasteiger partial charge in [-0.25, -0.2) is 0 Å². The van der Waals surface area contributed by atoms with Crippen molar-refractivity contribution in [2.24, 2.45) is 5.16 Å². The first-order valence-corrected chi connectivity index (χ1v) is 5.19. The van der Waals surface area contributed by atoms with Gasteiger partial charge in [0, 0.05) is 4.47 Å². The van der Waals surface area contributed by atoms with E-state index in [0.29, 0.717) is 5.71 Å². The van der Waals surface area contributed by atoms with Crippen LogP contribution in [-0.2, 0) is 0 Å². The zero-order valence-electron chi connectivity index (χ0n) is 5.64. The fourth-order valence-corrected chi connectivity index (χ4v) is 3.28. The average molecular weight is 299 g/mol. The van der Waals surface area contributed by atoms with E-state index in [1.54, 1.807) is 6.92 Å². The summed E-state index contributed by atoms with van der Waals surface area (Å²) in [6.07, 6.45) is 0. The molecule has 0 saturated heterocycles. The van der Waals surface area contributed by atoms with Crippen molar-refractivity contribution in [3.63, 3.8) is 0 Å². The number of hydrogen-bond donors (Lipinski definition) is 1. The Labute approximate surface area is 85.2 Å². The van der Waals surface area contributed by atoms with Crippen molar-refractivity contribution in [3.8, 4) is 0 Å². The first kappa shape index (κ1) is 9.22. The molecule has 1 heterocycles. The van der Waals surface area contributed by atoms with Crippen LogP contribution in [0.5, 0.6) is 0 Å². The molecule has 11 heavy (non-hydrogen) atoms. The van der Waals surface area contributed by atoms with Gasteiger partial charge >= 0.3 is 0 Å². The summed E-state index contributed by atoms with van der Waals surface area (Å²) in [6, 6.07) is 1.93. The molecule has 1 aromatic heterocycles. The normalized spacial score (nSPS) is 12.1. The Balaban J connectivity index is 3.13. The molecule has 0 aliphatic carbocycles. The fourth-order valence-electron chi connectivity index (χ4n) is 0.633. The molecule has 0 saturated carbocycles. The SMILES string of the molecule is C/C(=N\O)c1sc(Br)cc1Br. The van der Waals surface area contributed by atoms with E-state index >= 15 is 0 Å². The summed E-state index contributed by atoms with van der Waals surface area (Å²) in [5.41, 5.74) is 0.618. The number of hydrogen-bond acceptors (Lipinski definition) is 3. The first-order chi connectivity index (χ1) is 5.15. The maximum Gasteiger partial charge on any atom is 0.0948 e. The zero-order chi connectivity index (χ0) is 8.43. The van der Waals surface area contributed by atoms with Crippen molar-refractivity contribution in [3.05, 3.63) is 19.2 Å². The summed E-state index contributed by atoms with van der Waals surface area (Å²) in [5.74, 6) is 0. The van der Waals surface area contributed by atoms with E-state index in [2.05, 4.69) is 37.0 Å². The topological polar surface area (TPSA) is 32.6 Å². The van der Waals surface area contributed by atoms with Crippen LogP contribution in [0.3, 0.4) is 0 Å². The second-order valence-corrected chi connectivity index (χ2v) is 5.20. The predicted octanol–water partition coefficient (Wildman–Crippen LogP) is 3.47. The molecule has 0 amide bonds. The number of halogens is 2. The highest BCUT2D eigenvalue weighted by atomic mass is 79.9. The molecule has 0 aliphatic heterocycles. The zero-order valence-corrected chi connectivity index (χ0v) is 9.62. The molecule has 0 atom stereocenters. The van der Waals surface area contributed by atoms with Gasteiger partial charge in [0.15, 0.2) is 0 Å². The molecule has 2 nitrogen and oxygen atoms in total. The van der Waals surface area contributed by atoms with E-state index in [-0.39, 0.29) is 0 Å². The van der Waals surface area contributed by atoms with Crippen LogP contribution in [0.4, 0.5) is 0 Å². The van der Waals surface area contributed by atoms with Crippen LogP contribution in [0.2, 0.25) is 0 Å². The van der Waals surface area contributed by atoms with E-state index < -0.39 is 0 Å². The molecule has 0 aromatic carbocycles. The van der Waals surface area contributed by atoms with Crippen molar-refractivity contribution in [1.82, 2.24) is 0 Å². The molecule has 0 radical (unpaired) electrons. The Kier molecular flexibility index (Phi) is 3.09. The quantitative estimate of drug-likeness (QED) is 0.481. The second-order valence-electron chi connectivity index (χ2n) is 1.91. The average Bonchev–Trinajstić information content (AvgIpc) is 2.28. The minimum atomic E-state index is 0.618. The number of oxime groups is 1. The molecule has 5 heteroatoms. The van der Waals surface area contributed by atoms with Crippen molar-refractivity contribution in [2.75, 3.05) is 0 Å². The van der Waals surface area contributed by atoms with Crippen LogP contribution in [0, 0.1) is 0 Å². The summed E-state index contributed by atoms with van der Waals surface area (Å²) >= 11 is 8.21. The molecule has 0 bridgehead atoms. The maximum atomic E-state index is 8.48. The van der Waals surface area contributed by atoms with Crippen LogP contribution >= 0.6 is 43.2 Å². The lowest BCUT2D eigenvalue weighted by molar-refractivity contribution is 0.319. The van der Waals surface area contributed by atoms with Crippen LogP contribution < -0.4 is 0 Å². The number of nitrogens with zero attached hydrogens (tertiary/aromatic N) is 1. The Morgan fingerprint density at radius 3 is 2.64 bits per heavy atom. The number of thiophene rings is 1. The Hall–Kier alpha value is 0.130. The third-order valence-electron chi connectivity index (χ3n) is 1.14. The van der Waals surface area contributed by atoms with Crippen molar-refractivity contribution in [1.29, 1.82) is 0 Å². The maximum absolute atomic E-state index is 8.48. The van der Waals surface area contributed by atoms with Crippen LogP contribution in [0.15, 0.2) is 19.5 Å². The van der Waals surface area contributed by atoms with E-state index in [9.17, 15) is 0 Å². The van der Waals surface area contributed by atoms with E-state index in [4.69, 9.17) is 5.21 Å². The Morgan fingerprint density at radius 1 is 1.64 bits per heavy atom. The minimum Gasteiger partial charge on any atom is -0.411 e. The van der Waals surface area contributed by atoms with Crippen LogP contribution in [0.1, 0.15) is 11.8 Å². The van der Waals surface area contributed by atoms with Gasteiger partial charge in [-0.1, -0.05) is 5.16 Å². The summed E-state index contributed by atoms with van der Waals surface area (Å²) in [4.78, 5) is 0.944. The Morgan fingerprint density at radius 2 is 2.27 bits per heavy atom. The summed E-state index contributed by atoms with van der Waals surface area (Å²) < 4.78 is 1.96. The monoisotopic (exact) mass is 297 g/mol. The van der Waals surface area contributed by atoms with Gasteiger partial charge < -0.3 is 5.21 Å². The minimum absolute atomic E-state index is 0.618. The smallest absolute Gasteiger partial charge is 0.0948 e. The Bertz CT molecular complexity index is 295. The predicted molar refractivity (Wildman–Crippen MR) is 53.7 cm³/mol. The fraction of sp³-hybridized carbons (Fsp3) is 0.167.